The van der Waals surface area contributed by atoms with E-state index in [-0.39, 0.29) is 5.56 Å². The van der Waals surface area contributed by atoms with E-state index in [2.05, 4.69) is 32.5 Å². The molecule has 5 nitrogen and oxygen atoms in total. The molecule has 1 aromatic rings. The van der Waals surface area contributed by atoms with E-state index < -0.39 is 0 Å². The summed E-state index contributed by atoms with van der Waals surface area (Å²) < 4.78 is 1.97. The van der Waals surface area contributed by atoms with Gasteiger partial charge in [0.05, 0.1) is 18.4 Å². The van der Waals surface area contributed by atoms with Crippen LogP contribution in [0.3, 0.4) is 0 Å². The third-order valence-electron chi connectivity index (χ3n) is 3.46. The van der Waals surface area contributed by atoms with E-state index in [1.165, 1.54) is 4.68 Å². The number of piperidine rings is 1. The first-order valence-electron chi connectivity index (χ1n) is 6.49. The molecule has 2 rings (SSSR count). The number of rotatable bonds is 4. The first kappa shape index (κ1) is 14.3. The molecule has 6 heteroatoms. The molecule has 0 aliphatic carbocycles. The standard InChI is InChI=1S/C13H19BrN4O/c1-2-5-18-13(19)12(14)11(8-16-18)17-6-3-4-10(7-15)9-17/h2,8,10H,1,3-7,9,15H2. The van der Waals surface area contributed by atoms with Crippen molar-refractivity contribution in [1.29, 1.82) is 0 Å². The Bertz CT molecular complexity index is 514. The third kappa shape index (κ3) is 3.06. The molecular formula is C13H19BrN4O. The van der Waals surface area contributed by atoms with Crippen molar-refractivity contribution in [3.05, 3.63) is 33.7 Å². The van der Waals surface area contributed by atoms with Crippen LogP contribution >= 0.6 is 15.9 Å². The van der Waals surface area contributed by atoms with Crippen molar-refractivity contribution in [3.8, 4) is 0 Å². The highest BCUT2D eigenvalue weighted by Crippen LogP contribution is 2.26. The molecule has 1 aliphatic heterocycles. The number of nitrogens with zero attached hydrogens (tertiary/aromatic N) is 3. The lowest BCUT2D eigenvalue weighted by Gasteiger charge is -2.34. The zero-order valence-electron chi connectivity index (χ0n) is 10.9. The third-order valence-corrected chi connectivity index (χ3v) is 4.21. The van der Waals surface area contributed by atoms with E-state index in [9.17, 15) is 4.79 Å². The van der Waals surface area contributed by atoms with E-state index in [4.69, 9.17) is 5.73 Å². The van der Waals surface area contributed by atoms with Gasteiger partial charge in [-0.1, -0.05) is 6.08 Å². The first-order valence-corrected chi connectivity index (χ1v) is 7.28. The van der Waals surface area contributed by atoms with Crippen LogP contribution in [0, 0.1) is 5.92 Å². The van der Waals surface area contributed by atoms with Crippen molar-refractivity contribution in [3.63, 3.8) is 0 Å². The Balaban J connectivity index is 2.27. The van der Waals surface area contributed by atoms with Crippen molar-refractivity contribution >= 4 is 21.6 Å². The monoisotopic (exact) mass is 326 g/mol. The minimum absolute atomic E-state index is 0.118. The van der Waals surface area contributed by atoms with Gasteiger partial charge in [0.25, 0.3) is 5.56 Å². The molecule has 1 atom stereocenters. The van der Waals surface area contributed by atoms with Crippen molar-refractivity contribution in [2.75, 3.05) is 24.5 Å². The number of nitrogens with two attached hydrogens (primary N) is 1. The second-order valence-corrected chi connectivity index (χ2v) is 5.60. The summed E-state index contributed by atoms with van der Waals surface area (Å²) in [6.07, 6.45) is 5.66. The quantitative estimate of drug-likeness (QED) is 0.849. The maximum atomic E-state index is 12.1. The Labute approximate surface area is 121 Å². The fourth-order valence-electron chi connectivity index (χ4n) is 2.41. The van der Waals surface area contributed by atoms with Crippen LogP contribution < -0.4 is 16.2 Å². The van der Waals surface area contributed by atoms with Crippen LogP contribution in [0.15, 0.2) is 28.1 Å². The summed E-state index contributed by atoms with van der Waals surface area (Å²) in [5.41, 5.74) is 6.49. The summed E-state index contributed by atoms with van der Waals surface area (Å²) in [6, 6.07) is 0. The lowest BCUT2D eigenvalue weighted by atomic mass is 9.98. The van der Waals surface area contributed by atoms with E-state index in [1.807, 2.05) is 0 Å². The fourth-order valence-corrected chi connectivity index (χ4v) is 2.96. The normalized spacial score (nSPS) is 19.5. The summed E-state index contributed by atoms with van der Waals surface area (Å²) in [4.78, 5) is 14.3. The number of allylic oxidation sites excluding steroid dienone is 1. The van der Waals surface area contributed by atoms with Gasteiger partial charge in [0, 0.05) is 13.1 Å². The van der Waals surface area contributed by atoms with Crippen molar-refractivity contribution in [1.82, 2.24) is 9.78 Å². The molecule has 1 aromatic heterocycles. The van der Waals surface area contributed by atoms with Gasteiger partial charge in [-0.15, -0.1) is 6.58 Å². The van der Waals surface area contributed by atoms with Crippen LogP contribution in [-0.2, 0) is 6.54 Å². The molecule has 0 amide bonds. The highest BCUT2D eigenvalue weighted by molar-refractivity contribution is 9.10. The van der Waals surface area contributed by atoms with Gasteiger partial charge in [-0.3, -0.25) is 4.79 Å². The maximum absolute atomic E-state index is 12.1. The molecule has 0 bridgehead atoms. The molecule has 19 heavy (non-hydrogen) atoms. The summed E-state index contributed by atoms with van der Waals surface area (Å²) in [7, 11) is 0. The Hall–Kier alpha value is -1.14. The summed E-state index contributed by atoms with van der Waals surface area (Å²) >= 11 is 3.40. The lowest BCUT2D eigenvalue weighted by Crippen LogP contribution is -2.39. The topological polar surface area (TPSA) is 64.2 Å². The van der Waals surface area contributed by atoms with Crippen LogP contribution in [0.25, 0.3) is 0 Å². The fraction of sp³-hybridized carbons (Fsp3) is 0.538. The van der Waals surface area contributed by atoms with E-state index >= 15 is 0 Å². The number of hydrogen-bond donors (Lipinski definition) is 1. The van der Waals surface area contributed by atoms with Gasteiger partial charge in [-0.25, -0.2) is 4.68 Å². The van der Waals surface area contributed by atoms with E-state index in [0.29, 0.717) is 23.5 Å². The molecule has 1 aliphatic rings. The minimum Gasteiger partial charge on any atom is -0.369 e. The molecule has 1 unspecified atom stereocenters. The summed E-state index contributed by atoms with van der Waals surface area (Å²) in [5.74, 6) is 0.497. The van der Waals surface area contributed by atoms with Gasteiger partial charge in [0.15, 0.2) is 0 Å². The number of hydrogen-bond acceptors (Lipinski definition) is 4. The largest absolute Gasteiger partial charge is 0.369 e. The van der Waals surface area contributed by atoms with Crippen LogP contribution in [-0.4, -0.2) is 29.4 Å². The van der Waals surface area contributed by atoms with Crippen molar-refractivity contribution < 1.29 is 0 Å². The summed E-state index contributed by atoms with van der Waals surface area (Å²) in [6.45, 7) is 6.57. The van der Waals surface area contributed by atoms with Gasteiger partial charge >= 0.3 is 0 Å². The lowest BCUT2D eigenvalue weighted by molar-refractivity contribution is 0.422. The van der Waals surface area contributed by atoms with Gasteiger partial charge in [0.2, 0.25) is 0 Å². The van der Waals surface area contributed by atoms with Crippen molar-refractivity contribution in [2.24, 2.45) is 11.7 Å². The number of halogens is 1. The van der Waals surface area contributed by atoms with Gasteiger partial charge < -0.3 is 10.6 Å². The number of anilines is 1. The van der Waals surface area contributed by atoms with Crippen LogP contribution in [0.1, 0.15) is 12.8 Å². The van der Waals surface area contributed by atoms with E-state index in [0.717, 1.165) is 31.6 Å². The second-order valence-electron chi connectivity index (χ2n) is 4.81. The Kier molecular flexibility index (Phi) is 4.76. The van der Waals surface area contributed by atoms with Crippen LogP contribution in [0.4, 0.5) is 5.69 Å². The predicted molar refractivity (Wildman–Crippen MR) is 80.4 cm³/mol. The second kappa shape index (κ2) is 6.34. The van der Waals surface area contributed by atoms with Crippen LogP contribution in [0.2, 0.25) is 0 Å². The zero-order chi connectivity index (χ0) is 13.8. The smallest absolute Gasteiger partial charge is 0.283 e. The average molecular weight is 327 g/mol. The number of aromatic nitrogens is 2. The van der Waals surface area contributed by atoms with E-state index in [1.54, 1.807) is 12.3 Å². The molecule has 1 saturated heterocycles. The first-order chi connectivity index (χ1) is 9.17. The Morgan fingerprint density at radius 1 is 1.63 bits per heavy atom. The molecule has 0 saturated carbocycles. The molecule has 0 aromatic carbocycles. The van der Waals surface area contributed by atoms with Crippen LogP contribution in [0.5, 0.6) is 0 Å². The molecule has 0 spiro atoms. The molecule has 2 heterocycles. The molecule has 104 valence electrons. The molecule has 1 fully saturated rings. The highest BCUT2D eigenvalue weighted by Gasteiger charge is 2.22. The predicted octanol–water partition coefficient (Wildman–Crippen LogP) is 1.37. The SMILES string of the molecule is C=CCn1ncc(N2CCCC(CN)C2)c(Br)c1=O. The molecular weight excluding hydrogens is 308 g/mol. The molecule has 2 N–H and O–H groups in total. The highest BCUT2D eigenvalue weighted by atomic mass is 79.9. The Morgan fingerprint density at radius 3 is 3.11 bits per heavy atom. The minimum atomic E-state index is -0.118. The summed E-state index contributed by atoms with van der Waals surface area (Å²) in [5, 5.41) is 4.18. The average Bonchev–Trinajstić information content (AvgIpc) is 2.44. The van der Waals surface area contributed by atoms with Crippen molar-refractivity contribution in [2.45, 2.75) is 19.4 Å². The van der Waals surface area contributed by atoms with Gasteiger partial charge in [-0.2, -0.15) is 5.10 Å². The maximum Gasteiger partial charge on any atom is 0.283 e. The Morgan fingerprint density at radius 2 is 2.42 bits per heavy atom. The molecule has 0 radical (unpaired) electrons. The zero-order valence-corrected chi connectivity index (χ0v) is 12.5. The van der Waals surface area contributed by atoms with Gasteiger partial charge in [0.1, 0.15) is 4.47 Å². The van der Waals surface area contributed by atoms with Gasteiger partial charge in [-0.05, 0) is 41.2 Å².